The maximum Gasteiger partial charge on any atom is 0.274 e. The molecule has 0 aliphatic carbocycles. The zero-order valence-corrected chi connectivity index (χ0v) is 17.3. The van der Waals surface area contributed by atoms with Crippen molar-refractivity contribution in [2.24, 2.45) is 5.92 Å². The molecular formula is C22H29N5O2. The minimum Gasteiger partial charge on any atom is -0.497 e. The quantitative estimate of drug-likeness (QED) is 0.793. The fourth-order valence-electron chi connectivity index (χ4n) is 4.13. The molecule has 7 heteroatoms. The number of amides is 1. The van der Waals surface area contributed by atoms with Crippen molar-refractivity contribution in [2.45, 2.75) is 19.8 Å². The lowest BCUT2D eigenvalue weighted by Crippen LogP contribution is -2.49. The lowest BCUT2D eigenvalue weighted by atomic mass is 10.0. The predicted molar refractivity (Wildman–Crippen MR) is 114 cm³/mol. The molecule has 2 aromatic rings. The van der Waals surface area contributed by atoms with Gasteiger partial charge in [0.25, 0.3) is 5.91 Å². The van der Waals surface area contributed by atoms with Crippen LogP contribution in [0.15, 0.2) is 36.4 Å². The Morgan fingerprint density at radius 1 is 0.966 bits per heavy atom. The van der Waals surface area contributed by atoms with Crippen molar-refractivity contribution in [3.63, 3.8) is 0 Å². The summed E-state index contributed by atoms with van der Waals surface area (Å²) in [7, 11) is 1.67. The molecule has 1 unspecified atom stereocenters. The summed E-state index contributed by atoms with van der Waals surface area (Å²) in [6.07, 6.45) is 2.45. The second kappa shape index (κ2) is 8.68. The summed E-state index contributed by atoms with van der Waals surface area (Å²) in [6, 6.07) is 11.8. The van der Waals surface area contributed by atoms with Crippen molar-refractivity contribution in [1.82, 2.24) is 15.1 Å². The van der Waals surface area contributed by atoms with E-state index >= 15 is 0 Å². The first-order valence-corrected chi connectivity index (χ1v) is 10.4. The van der Waals surface area contributed by atoms with E-state index in [-0.39, 0.29) is 5.91 Å². The van der Waals surface area contributed by atoms with Crippen LogP contribution in [0.5, 0.6) is 5.75 Å². The standard InChI is InChI=1S/C22H29N5O2/c1-17-4-3-11-27(16-17)21-10-9-20(23-24-21)22(28)26-14-12-25(13-15-26)18-5-7-19(29-2)8-6-18/h5-10,17H,3-4,11-16H2,1-2H3. The first-order chi connectivity index (χ1) is 14.1. The number of anilines is 2. The van der Waals surface area contributed by atoms with Gasteiger partial charge in [-0.05, 0) is 55.2 Å². The highest BCUT2D eigenvalue weighted by Gasteiger charge is 2.24. The molecule has 2 fully saturated rings. The van der Waals surface area contributed by atoms with Gasteiger partial charge in [0.05, 0.1) is 7.11 Å². The number of rotatable bonds is 4. The monoisotopic (exact) mass is 395 g/mol. The maximum atomic E-state index is 12.8. The van der Waals surface area contributed by atoms with Gasteiger partial charge in [-0.15, -0.1) is 10.2 Å². The fraction of sp³-hybridized carbons (Fsp3) is 0.500. The number of methoxy groups -OCH3 is 1. The lowest BCUT2D eigenvalue weighted by Gasteiger charge is -2.36. The number of benzene rings is 1. The van der Waals surface area contributed by atoms with Crippen molar-refractivity contribution in [3.8, 4) is 5.75 Å². The number of carbonyl (C=O) groups excluding carboxylic acids is 1. The van der Waals surface area contributed by atoms with Crippen molar-refractivity contribution in [1.29, 1.82) is 0 Å². The van der Waals surface area contributed by atoms with Crippen molar-refractivity contribution in [2.75, 3.05) is 56.2 Å². The van der Waals surface area contributed by atoms with E-state index in [2.05, 4.69) is 39.1 Å². The SMILES string of the molecule is COc1ccc(N2CCN(C(=O)c3ccc(N4CCCC(C)C4)nn3)CC2)cc1. The van der Waals surface area contributed by atoms with Gasteiger partial charge in [0, 0.05) is 45.0 Å². The Morgan fingerprint density at radius 2 is 1.72 bits per heavy atom. The second-order valence-corrected chi connectivity index (χ2v) is 7.95. The average Bonchev–Trinajstić information content (AvgIpc) is 2.79. The third-order valence-corrected chi connectivity index (χ3v) is 5.86. The lowest BCUT2D eigenvalue weighted by molar-refractivity contribution is 0.0739. The van der Waals surface area contributed by atoms with E-state index in [4.69, 9.17) is 4.74 Å². The molecule has 1 amide bonds. The van der Waals surface area contributed by atoms with Gasteiger partial charge in [-0.25, -0.2) is 0 Å². The number of hydrogen-bond acceptors (Lipinski definition) is 6. The van der Waals surface area contributed by atoms with Crippen LogP contribution >= 0.6 is 0 Å². The van der Waals surface area contributed by atoms with E-state index in [1.165, 1.54) is 12.8 Å². The van der Waals surface area contributed by atoms with Gasteiger partial charge >= 0.3 is 0 Å². The molecule has 0 bridgehead atoms. The van der Waals surface area contributed by atoms with Crippen LogP contribution in [0.2, 0.25) is 0 Å². The van der Waals surface area contributed by atoms with E-state index < -0.39 is 0 Å². The van der Waals surface area contributed by atoms with E-state index in [1.807, 2.05) is 29.2 Å². The topological polar surface area (TPSA) is 61.8 Å². The Morgan fingerprint density at radius 3 is 2.34 bits per heavy atom. The van der Waals surface area contributed by atoms with Crippen LogP contribution in [0.1, 0.15) is 30.3 Å². The summed E-state index contributed by atoms with van der Waals surface area (Å²) < 4.78 is 5.22. The van der Waals surface area contributed by atoms with Gasteiger partial charge in [0.2, 0.25) is 0 Å². The molecule has 2 saturated heterocycles. The third-order valence-electron chi connectivity index (χ3n) is 5.86. The zero-order chi connectivity index (χ0) is 20.2. The average molecular weight is 396 g/mol. The number of ether oxygens (including phenoxy) is 1. The molecule has 154 valence electrons. The number of piperazine rings is 1. The Kier molecular flexibility index (Phi) is 5.83. The molecule has 29 heavy (non-hydrogen) atoms. The maximum absolute atomic E-state index is 12.8. The van der Waals surface area contributed by atoms with Crippen LogP contribution in [0.4, 0.5) is 11.5 Å². The molecule has 0 radical (unpaired) electrons. The Balaban J connectivity index is 1.34. The summed E-state index contributed by atoms with van der Waals surface area (Å²) >= 11 is 0. The van der Waals surface area contributed by atoms with Crippen LogP contribution in [-0.2, 0) is 0 Å². The van der Waals surface area contributed by atoms with Gasteiger partial charge < -0.3 is 19.4 Å². The summed E-state index contributed by atoms with van der Waals surface area (Å²) in [5, 5.41) is 8.58. The number of hydrogen-bond donors (Lipinski definition) is 0. The highest BCUT2D eigenvalue weighted by atomic mass is 16.5. The van der Waals surface area contributed by atoms with Crippen LogP contribution in [0, 0.1) is 5.92 Å². The van der Waals surface area contributed by atoms with Crippen molar-refractivity contribution >= 4 is 17.4 Å². The van der Waals surface area contributed by atoms with Crippen LogP contribution in [0.25, 0.3) is 0 Å². The Hall–Kier alpha value is -2.83. The summed E-state index contributed by atoms with van der Waals surface area (Å²) in [5.41, 5.74) is 1.58. The van der Waals surface area contributed by atoms with Crippen molar-refractivity contribution in [3.05, 3.63) is 42.1 Å². The van der Waals surface area contributed by atoms with Gasteiger partial charge in [0.1, 0.15) is 5.75 Å². The Bertz CT molecular complexity index is 816. The largest absolute Gasteiger partial charge is 0.497 e. The predicted octanol–water partition coefficient (Wildman–Crippen LogP) is 2.68. The molecule has 1 aromatic heterocycles. The van der Waals surface area contributed by atoms with Gasteiger partial charge in [-0.1, -0.05) is 6.92 Å². The highest BCUT2D eigenvalue weighted by molar-refractivity contribution is 5.92. The summed E-state index contributed by atoms with van der Waals surface area (Å²) in [6.45, 7) is 7.25. The molecule has 2 aliphatic rings. The van der Waals surface area contributed by atoms with E-state index in [1.54, 1.807) is 7.11 Å². The van der Waals surface area contributed by atoms with Crippen LogP contribution in [-0.4, -0.2) is 67.4 Å². The highest BCUT2D eigenvalue weighted by Crippen LogP contribution is 2.22. The van der Waals surface area contributed by atoms with Gasteiger partial charge in [-0.3, -0.25) is 4.79 Å². The third kappa shape index (κ3) is 4.44. The van der Waals surface area contributed by atoms with E-state index in [0.29, 0.717) is 24.7 Å². The Labute approximate surface area is 172 Å². The molecule has 0 N–H and O–H groups in total. The van der Waals surface area contributed by atoms with E-state index in [9.17, 15) is 4.79 Å². The fourth-order valence-corrected chi connectivity index (χ4v) is 4.13. The molecule has 0 spiro atoms. The molecule has 1 atom stereocenters. The first-order valence-electron chi connectivity index (χ1n) is 10.4. The van der Waals surface area contributed by atoms with Crippen LogP contribution in [0.3, 0.4) is 0 Å². The minimum atomic E-state index is -0.0366. The molecule has 0 saturated carbocycles. The smallest absolute Gasteiger partial charge is 0.274 e. The number of carbonyl (C=O) groups is 1. The number of aromatic nitrogens is 2. The first kappa shape index (κ1) is 19.5. The zero-order valence-electron chi connectivity index (χ0n) is 17.3. The number of nitrogens with zero attached hydrogens (tertiary/aromatic N) is 5. The summed E-state index contributed by atoms with van der Waals surface area (Å²) in [4.78, 5) is 19.3. The molecule has 7 nitrogen and oxygen atoms in total. The number of piperidine rings is 1. The minimum absolute atomic E-state index is 0.0366. The molecule has 4 rings (SSSR count). The molecule has 2 aliphatic heterocycles. The molecular weight excluding hydrogens is 366 g/mol. The summed E-state index contributed by atoms with van der Waals surface area (Å²) in [5.74, 6) is 2.36. The van der Waals surface area contributed by atoms with E-state index in [0.717, 1.165) is 43.4 Å². The normalized spacial score (nSPS) is 19.9. The molecule has 1 aromatic carbocycles. The van der Waals surface area contributed by atoms with Gasteiger partial charge in [0.15, 0.2) is 11.5 Å². The van der Waals surface area contributed by atoms with Gasteiger partial charge in [-0.2, -0.15) is 0 Å². The molecule has 3 heterocycles. The van der Waals surface area contributed by atoms with Crippen molar-refractivity contribution < 1.29 is 9.53 Å². The van der Waals surface area contributed by atoms with Crippen LogP contribution < -0.4 is 14.5 Å². The second-order valence-electron chi connectivity index (χ2n) is 7.95.